The van der Waals surface area contributed by atoms with Gasteiger partial charge < -0.3 is 15.0 Å². The van der Waals surface area contributed by atoms with Crippen molar-refractivity contribution in [3.8, 4) is 0 Å². The number of nitrogens with one attached hydrogen (secondary N) is 1. The highest BCUT2D eigenvalue weighted by Crippen LogP contribution is 2.40. The van der Waals surface area contributed by atoms with Crippen LogP contribution in [0.1, 0.15) is 46.5 Å². The molecule has 2 amide bonds. The zero-order valence-electron chi connectivity index (χ0n) is 14.1. The molecule has 0 aromatic heterocycles. The van der Waals surface area contributed by atoms with E-state index in [4.69, 9.17) is 4.74 Å². The fourth-order valence-corrected chi connectivity index (χ4v) is 2.82. The van der Waals surface area contributed by atoms with Crippen molar-refractivity contribution in [2.45, 2.75) is 64.2 Å². The molecular formula is C16H25FN2O4. The Kier molecular flexibility index (Phi) is 4.69. The molecule has 6 nitrogen and oxygen atoms in total. The molecule has 0 radical (unpaired) electrons. The van der Waals surface area contributed by atoms with Crippen molar-refractivity contribution in [3.05, 3.63) is 0 Å². The summed E-state index contributed by atoms with van der Waals surface area (Å²) >= 11 is 0. The first kappa shape index (κ1) is 17.7. The Hall–Kier alpha value is -1.66. The minimum atomic E-state index is -1.84. The Balaban J connectivity index is 2.16. The van der Waals surface area contributed by atoms with E-state index < -0.39 is 35.0 Å². The summed E-state index contributed by atoms with van der Waals surface area (Å²) in [5.41, 5.74) is -2.43. The number of ether oxygens (including phenoxy) is 1. The number of halogens is 1. The van der Waals surface area contributed by atoms with Crippen molar-refractivity contribution in [2.75, 3.05) is 13.7 Å². The van der Waals surface area contributed by atoms with Gasteiger partial charge in [0.25, 0.3) is 5.91 Å². The molecule has 1 saturated carbocycles. The average molecular weight is 328 g/mol. The second kappa shape index (κ2) is 6.09. The second-order valence-corrected chi connectivity index (χ2v) is 7.45. The van der Waals surface area contributed by atoms with Gasteiger partial charge in [0.1, 0.15) is 12.1 Å². The Bertz CT molecular complexity index is 511. The monoisotopic (exact) mass is 328 g/mol. The minimum absolute atomic E-state index is 0.193. The molecule has 1 saturated heterocycles. The van der Waals surface area contributed by atoms with E-state index in [1.807, 2.05) is 0 Å². The lowest BCUT2D eigenvalue weighted by molar-refractivity contribution is -0.153. The molecule has 1 aliphatic carbocycles. The number of alkyl halides is 1. The molecular weight excluding hydrogens is 303 g/mol. The van der Waals surface area contributed by atoms with Crippen LogP contribution < -0.4 is 5.32 Å². The number of esters is 1. The third-order valence-corrected chi connectivity index (χ3v) is 4.49. The summed E-state index contributed by atoms with van der Waals surface area (Å²) in [5.74, 6) is -1.55. The zero-order chi connectivity index (χ0) is 17.4. The van der Waals surface area contributed by atoms with Gasteiger partial charge in [-0.1, -0.05) is 20.8 Å². The van der Waals surface area contributed by atoms with E-state index in [2.05, 4.69) is 5.32 Å². The molecule has 0 spiro atoms. The van der Waals surface area contributed by atoms with Gasteiger partial charge in [0.2, 0.25) is 5.91 Å². The van der Waals surface area contributed by atoms with Crippen molar-refractivity contribution in [2.24, 2.45) is 5.41 Å². The van der Waals surface area contributed by atoms with Crippen LogP contribution >= 0.6 is 0 Å². The Morgan fingerprint density at radius 2 is 1.91 bits per heavy atom. The predicted octanol–water partition coefficient (Wildman–Crippen LogP) is 1.18. The number of likely N-dealkylation sites (tertiary alicyclic amines) is 1. The van der Waals surface area contributed by atoms with Crippen molar-refractivity contribution < 1.29 is 23.5 Å². The largest absolute Gasteiger partial charge is 0.467 e. The van der Waals surface area contributed by atoms with Gasteiger partial charge in [-0.2, -0.15) is 0 Å². The molecule has 0 aromatic rings. The van der Waals surface area contributed by atoms with Gasteiger partial charge in [-0.05, 0) is 31.1 Å². The molecule has 0 bridgehead atoms. The maximum absolute atomic E-state index is 13.9. The molecule has 0 aromatic carbocycles. The molecule has 1 N–H and O–H groups in total. The molecule has 1 heterocycles. The molecule has 2 fully saturated rings. The van der Waals surface area contributed by atoms with E-state index >= 15 is 0 Å². The number of methoxy groups -OCH3 is 1. The van der Waals surface area contributed by atoms with Crippen LogP contribution in [0, 0.1) is 5.41 Å². The van der Waals surface area contributed by atoms with E-state index in [0.717, 1.165) is 0 Å². The van der Waals surface area contributed by atoms with Crippen LogP contribution in [-0.4, -0.2) is 54.1 Å². The Morgan fingerprint density at radius 1 is 1.30 bits per heavy atom. The fourth-order valence-electron chi connectivity index (χ4n) is 2.82. The summed E-state index contributed by atoms with van der Waals surface area (Å²) in [7, 11) is 1.28. The summed E-state index contributed by atoms with van der Waals surface area (Å²) < 4.78 is 18.7. The van der Waals surface area contributed by atoms with Crippen LogP contribution in [0.4, 0.5) is 4.39 Å². The Labute approximate surface area is 135 Å². The molecule has 2 atom stereocenters. The summed E-state index contributed by atoms with van der Waals surface area (Å²) in [6.07, 6.45) is 1.62. The highest BCUT2D eigenvalue weighted by molar-refractivity contribution is 5.95. The quantitative estimate of drug-likeness (QED) is 0.787. The lowest BCUT2D eigenvalue weighted by Crippen LogP contribution is -2.58. The number of nitrogens with zero attached hydrogens (tertiary/aromatic N) is 1. The summed E-state index contributed by atoms with van der Waals surface area (Å²) in [6.45, 7) is 5.84. The fraction of sp³-hybridized carbons (Fsp3) is 0.812. The van der Waals surface area contributed by atoms with Crippen LogP contribution in [0.5, 0.6) is 0 Å². The van der Waals surface area contributed by atoms with Gasteiger partial charge in [-0.3, -0.25) is 9.59 Å². The topological polar surface area (TPSA) is 75.7 Å². The number of carbonyl (C=O) groups excluding carboxylic acids is 3. The molecule has 2 rings (SSSR count). The summed E-state index contributed by atoms with van der Waals surface area (Å²) in [6, 6.07) is -1.51. The number of rotatable bonds is 4. The van der Waals surface area contributed by atoms with Gasteiger partial charge in [0, 0.05) is 6.54 Å². The van der Waals surface area contributed by atoms with E-state index in [9.17, 15) is 18.8 Å². The highest BCUT2D eigenvalue weighted by Gasteiger charge is 2.53. The van der Waals surface area contributed by atoms with Gasteiger partial charge in [-0.15, -0.1) is 0 Å². The molecule has 2 unspecified atom stereocenters. The maximum atomic E-state index is 13.9. The predicted molar refractivity (Wildman–Crippen MR) is 81.2 cm³/mol. The van der Waals surface area contributed by atoms with E-state index in [1.165, 1.54) is 12.0 Å². The van der Waals surface area contributed by atoms with Crippen LogP contribution in [0.15, 0.2) is 0 Å². The van der Waals surface area contributed by atoms with E-state index in [1.54, 1.807) is 20.8 Å². The molecule has 7 heteroatoms. The number of hydrogen-bond acceptors (Lipinski definition) is 4. The smallest absolute Gasteiger partial charge is 0.328 e. The first-order chi connectivity index (χ1) is 10.6. The number of hydrogen-bond donors (Lipinski definition) is 1. The van der Waals surface area contributed by atoms with E-state index in [-0.39, 0.29) is 18.7 Å². The molecule has 1 aliphatic heterocycles. The van der Waals surface area contributed by atoms with Crippen LogP contribution in [0.25, 0.3) is 0 Å². The van der Waals surface area contributed by atoms with Crippen LogP contribution in [0.2, 0.25) is 0 Å². The molecule has 130 valence electrons. The van der Waals surface area contributed by atoms with Crippen molar-refractivity contribution in [1.29, 1.82) is 0 Å². The van der Waals surface area contributed by atoms with Crippen molar-refractivity contribution in [3.63, 3.8) is 0 Å². The second-order valence-electron chi connectivity index (χ2n) is 7.45. The SMILES string of the molecule is COC(=O)C1CCCN1C(=O)C(NC(=O)C1(F)CC1)C(C)(C)C. The van der Waals surface area contributed by atoms with E-state index in [0.29, 0.717) is 19.4 Å². The first-order valence-corrected chi connectivity index (χ1v) is 7.98. The highest BCUT2D eigenvalue weighted by atomic mass is 19.1. The third-order valence-electron chi connectivity index (χ3n) is 4.49. The standard InChI is InChI=1S/C16H25FN2O4/c1-15(2,3)11(18-14(22)16(17)7-8-16)12(20)19-9-5-6-10(19)13(21)23-4/h10-11H,5-9H2,1-4H3,(H,18,22). The van der Waals surface area contributed by atoms with Crippen molar-refractivity contribution >= 4 is 17.8 Å². The van der Waals surface area contributed by atoms with Gasteiger partial charge in [0.15, 0.2) is 5.67 Å². The molecule has 23 heavy (non-hydrogen) atoms. The Morgan fingerprint density at radius 3 is 2.39 bits per heavy atom. The van der Waals surface area contributed by atoms with Crippen LogP contribution in [0.3, 0.4) is 0 Å². The lowest BCUT2D eigenvalue weighted by atomic mass is 9.85. The number of carbonyl (C=O) groups is 3. The zero-order valence-corrected chi connectivity index (χ0v) is 14.1. The first-order valence-electron chi connectivity index (χ1n) is 7.98. The maximum Gasteiger partial charge on any atom is 0.328 e. The summed E-state index contributed by atoms with van der Waals surface area (Å²) in [5, 5.41) is 2.56. The minimum Gasteiger partial charge on any atom is -0.467 e. The lowest BCUT2D eigenvalue weighted by Gasteiger charge is -2.35. The van der Waals surface area contributed by atoms with Crippen LogP contribution in [-0.2, 0) is 19.1 Å². The van der Waals surface area contributed by atoms with Crippen molar-refractivity contribution in [1.82, 2.24) is 10.2 Å². The molecule has 2 aliphatic rings. The summed E-state index contributed by atoms with van der Waals surface area (Å²) in [4.78, 5) is 38.2. The van der Waals surface area contributed by atoms with Gasteiger partial charge in [0.05, 0.1) is 7.11 Å². The third kappa shape index (κ3) is 3.64. The normalized spacial score (nSPS) is 24.0. The van der Waals surface area contributed by atoms with Gasteiger partial charge >= 0.3 is 5.97 Å². The number of amides is 2. The average Bonchev–Trinajstić information content (AvgIpc) is 3.04. The van der Waals surface area contributed by atoms with Gasteiger partial charge in [-0.25, -0.2) is 9.18 Å².